The average molecular weight is 358 g/mol. The van der Waals surface area contributed by atoms with Crippen LogP contribution in [0.2, 0.25) is 5.02 Å². The van der Waals surface area contributed by atoms with E-state index in [4.69, 9.17) is 22.1 Å². The molecule has 2 rings (SSSR count). The number of hydrogen-bond acceptors (Lipinski definition) is 5. The third kappa shape index (κ3) is 4.76. The van der Waals surface area contributed by atoms with Gasteiger partial charge in [0.25, 0.3) is 0 Å². The summed E-state index contributed by atoms with van der Waals surface area (Å²) >= 11 is 7.84. The fraction of sp³-hybridized carbons (Fsp3) is 0.467. The van der Waals surface area contributed by atoms with Crippen LogP contribution in [0.15, 0.2) is 12.1 Å². The Bertz CT molecular complexity index is 604. The molecule has 1 heterocycles. The van der Waals surface area contributed by atoms with Crippen molar-refractivity contribution in [2.75, 3.05) is 23.6 Å². The van der Waals surface area contributed by atoms with Gasteiger partial charge in [0, 0.05) is 17.7 Å². The third-order valence-corrected chi connectivity index (χ3v) is 4.53. The van der Waals surface area contributed by atoms with Gasteiger partial charge in [-0.2, -0.15) is 0 Å². The predicted octanol–water partition coefficient (Wildman–Crippen LogP) is 2.07. The predicted molar refractivity (Wildman–Crippen MR) is 93.2 cm³/mol. The van der Waals surface area contributed by atoms with E-state index in [9.17, 15) is 9.59 Å². The molecule has 1 aliphatic rings. The lowest BCUT2D eigenvalue weighted by Crippen LogP contribution is -2.37. The molecule has 6 nitrogen and oxygen atoms in total. The highest BCUT2D eigenvalue weighted by Gasteiger charge is 2.24. The van der Waals surface area contributed by atoms with Crippen molar-refractivity contribution in [1.82, 2.24) is 5.32 Å². The number of carbonyl (C=O) groups is 2. The number of rotatable bonds is 6. The highest BCUT2D eigenvalue weighted by Crippen LogP contribution is 2.32. The second-order valence-corrected chi connectivity index (χ2v) is 7.07. The minimum absolute atomic E-state index is 0.119. The Balaban J connectivity index is 2.24. The number of ether oxygens (including phenoxy) is 1. The first-order valence-electron chi connectivity index (χ1n) is 7.26. The number of hydrogen-bond donors (Lipinski definition) is 3. The van der Waals surface area contributed by atoms with E-state index in [0.29, 0.717) is 29.7 Å². The van der Waals surface area contributed by atoms with Crippen LogP contribution in [-0.4, -0.2) is 36.1 Å². The van der Waals surface area contributed by atoms with Gasteiger partial charge in [0.1, 0.15) is 5.75 Å². The Morgan fingerprint density at radius 2 is 2.26 bits per heavy atom. The molecule has 0 aromatic heterocycles. The van der Waals surface area contributed by atoms with Crippen molar-refractivity contribution in [3.63, 3.8) is 0 Å². The van der Waals surface area contributed by atoms with Crippen molar-refractivity contribution in [1.29, 1.82) is 0 Å². The molecule has 4 N–H and O–H groups in total. The Labute approximate surface area is 144 Å². The number of benzene rings is 1. The fourth-order valence-corrected chi connectivity index (χ4v) is 3.19. The Kier molecular flexibility index (Phi) is 6.15. The van der Waals surface area contributed by atoms with Crippen molar-refractivity contribution in [3.05, 3.63) is 22.7 Å². The summed E-state index contributed by atoms with van der Waals surface area (Å²) in [6.45, 7) is 4.50. The minimum atomic E-state index is -0.671. The van der Waals surface area contributed by atoms with Crippen LogP contribution >= 0.6 is 23.4 Å². The number of nitrogens with one attached hydrogen (secondary N) is 2. The molecular weight excluding hydrogens is 338 g/mol. The highest BCUT2D eigenvalue weighted by atomic mass is 35.5. The normalized spacial score (nSPS) is 17.3. The van der Waals surface area contributed by atoms with E-state index in [1.165, 1.54) is 6.07 Å². The minimum Gasteiger partial charge on any atom is -0.493 e. The lowest BCUT2D eigenvalue weighted by atomic mass is 10.1. The van der Waals surface area contributed by atoms with Crippen molar-refractivity contribution in [3.8, 4) is 5.75 Å². The van der Waals surface area contributed by atoms with Crippen LogP contribution in [0, 0.1) is 5.92 Å². The van der Waals surface area contributed by atoms with Gasteiger partial charge in [0.05, 0.1) is 28.9 Å². The van der Waals surface area contributed by atoms with Gasteiger partial charge in [-0.3, -0.25) is 14.9 Å². The van der Waals surface area contributed by atoms with Crippen molar-refractivity contribution in [2.24, 2.45) is 11.7 Å². The van der Waals surface area contributed by atoms with Gasteiger partial charge in [-0.15, -0.1) is 11.8 Å². The van der Waals surface area contributed by atoms with E-state index >= 15 is 0 Å². The Morgan fingerprint density at radius 1 is 1.52 bits per heavy atom. The van der Waals surface area contributed by atoms with Crippen molar-refractivity contribution >= 4 is 40.9 Å². The lowest BCUT2D eigenvalue weighted by Gasteiger charge is -2.16. The first-order chi connectivity index (χ1) is 10.9. The average Bonchev–Trinajstić information content (AvgIpc) is 3.01. The summed E-state index contributed by atoms with van der Waals surface area (Å²) in [5, 5.41) is 5.93. The van der Waals surface area contributed by atoms with Crippen LogP contribution in [0.4, 0.5) is 5.69 Å². The zero-order valence-corrected chi connectivity index (χ0v) is 14.6. The molecule has 23 heavy (non-hydrogen) atoms. The van der Waals surface area contributed by atoms with Gasteiger partial charge in [-0.25, -0.2) is 0 Å². The second-order valence-electron chi connectivity index (χ2n) is 5.66. The van der Waals surface area contributed by atoms with Crippen LogP contribution in [0.5, 0.6) is 5.75 Å². The molecule has 1 aliphatic heterocycles. The van der Waals surface area contributed by atoms with Crippen molar-refractivity contribution < 1.29 is 14.3 Å². The zero-order chi connectivity index (χ0) is 17.0. The number of primary amides is 1. The summed E-state index contributed by atoms with van der Waals surface area (Å²) in [5.41, 5.74) is 5.80. The Morgan fingerprint density at radius 3 is 2.83 bits per heavy atom. The summed E-state index contributed by atoms with van der Waals surface area (Å²) in [6, 6.07) is 2.82. The fourth-order valence-electron chi connectivity index (χ4n) is 2.00. The van der Waals surface area contributed by atoms with Crippen LogP contribution in [-0.2, 0) is 4.79 Å². The zero-order valence-electron chi connectivity index (χ0n) is 13.0. The summed E-state index contributed by atoms with van der Waals surface area (Å²) < 4.78 is 5.62. The topological polar surface area (TPSA) is 93.4 Å². The monoisotopic (exact) mass is 357 g/mol. The van der Waals surface area contributed by atoms with Crippen molar-refractivity contribution in [2.45, 2.75) is 19.9 Å². The first-order valence-corrected chi connectivity index (χ1v) is 8.80. The smallest absolute Gasteiger partial charge is 0.250 e. The molecule has 0 bridgehead atoms. The first kappa shape index (κ1) is 17.9. The molecule has 0 unspecified atom stereocenters. The number of thioether (sulfide) groups is 1. The van der Waals surface area contributed by atoms with E-state index in [-0.39, 0.29) is 22.5 Å². The molecule has 8 heteroatoms. The SMILES string of the molecule is CC(C)COc1cc(NC(=O)[C@H]2CSCN2)c(Cl)c(C(N)=O)c1. The van der Waals surface area contributed by atoms with Gasteiger partial charge in [0.2, 0.25) is 11.8 Å². The quantitative estimate of drug-likeness (QED) is 0.724. The third-order valence-electron chi connectivity index (χ3n) is 3.19. The maximum Gasteiger partial charge on any atom is 0.250 e. The molecule has 1 fully saturated rings. The van der Waals surface area contributed by atoms with Crippen LogP contribution in [0.25, 0.3) is 0 Å². The largest absolute Gasteiger partial charge is 0.493 e. The molecular formula is C15H20ClN3O3S. The summed E-state index contributed by atoms with van der Waals surface area (Å²) in [4.78, 5) is 23.8. The van der Waals surface area contributed by atoms with E-state index in [1.54, 1.807) is 17.8 Å². The molecule has 126 valence electrons. The maximum absolute atomic E-state index is 12.2. The van der Waals surface area contributed by atoms with Crippen LogP contribution in [0.3, 0.4) is 0 Å². The molecule has 1 saturated heterocycles. The number of carbonyl (C=O) groups excluding carboxylic acids is 2. The molecule has 0 aliphatic carbocycles. The molecule has 1 aromatic carbocycles. The molecule has 0 radical (unpaired) electrons. The lowest BCUT2D eigenvalue weighted by molar-refractivity contribution is -0.117. The van der Waals surface area contributed by atoms with Crippen LogP contribution in [0.1, 0.15) is 24.2 Å². The standard InChI is InChI=1S/C15H20ClN3O3S/c1-8(2)5-22-9-3-10(14(17)20)13(16)11(4-9)19-15(21)12-6-23-7-18-12/h3-4,8,12,18H,5-7H2,1-2H3,(H2,17,20)(H,19,21)/t12-/m1/s1. The second kappa shape index (κ2) is 7.90. The van der Waals surface area contributed by atoms with E-state index in [2.05, 4.69) is 10.6 Å². The molecule has 2 amide bonds. The van der Waals surface area contributed by atoms with Gasteiger partial charge >= 0.3 is 0 Å². The molecule has 0 saturated carbocycles. The summed E-state index contributed by atoms with van der Waals surface area (Å²) in [7, 11) is 0. The van der Waals surface area contributed by atoms with Gasteiger partial charge in [-0.05, 0) is 12.0 Å². The molecule has 1 aromatic rings. The summed E-state index contributed by atoms with van der Waals surface area (Å²) in [6.07, 6.45) is 0. The maximum atomic E-state index is 12.2. The number of halogens is 1. The van der Waals surface area contributed by atoms with E-state index in [0.717, 1.165) is 5.88 Å². The van der Waals surface area contributed by atoms with Gasteiger partial charge in [0.15, 0.2) is 0 Å². The highest BCUT2D eigenvalue weighted by molar-refractivity contribution is 7.99. The van der Waals surface area contributed by atoms with E-state index in [1.807, 2.05) is 13.8 Å². The number of anilines is 1. The summed E-state index contributed by atoms with van der Waals surface area (Å²) in [5.74, 6) is 1.32. The van der Waals surface area contributed by atoms with Gasteiger partial charge in [-0.1, -0.05) is 25.4 Å². The molecule has 0 spiro atoms. The van der Waals surface area contributed by atoms with E-state index < -0.39 is 5.91 Å². The molecule has 1 atom stereocenters. The number of amides is 2. The Hall–Kier alpha value is -1.44. The van der Waals surface area contributed by atoms with Crippen LogP contribution < -0.4 is 21.1 Å². The van der Waals surface area contributed by atoms with Gasteiger partial charge < -0.3 is 15.8 Å². The number of nitrogens with two attached hydrogens (primary N) is 1.